The van der Waals surface area contributed by atoms with Crippen molar-refractivity contribution in [3.63, 3.8) is 0 Å². The van der Waals surface area contributed by atoms with E-state index < -0.39 is 0 Å². The molecule has 0 aliphatic carbocycles. The first-order valence-corrected chi connectivity index (χ1v) is 7.48. The molecule has 0 atom stereocenters. The predicted octanol–water partition coefficient (Wildman–Crippen LogP) is 3.00. The van der Waals surface area contributed by atoms with E-state index in [4.69, 9.17) is 0 Å². The van der Waals surface area contributed by atoms with E-state index in [2.05, 4.69) is 15.3 Å². The number of hydrogen-bond donors (Lipinski definition) is 1. The molecule has 3 rings (SSSR count). The summed E-state index contributed by atoms with van der Waals surface area (Å²) in [5.74, 6) is 0.00463. The molecule has 0 aliphatic rings. The minimum absolute atomic E-state index is 0.00463. The van der Waals surface area contributed by atoms with E-state index >= 15 is 0 Å². The van der Waals surface area contributed by atoms with Crippen LogP contribution in [0.15, 0.2) is 73.1 Å². The molecular formula is C19H17N3O. The number of nitrogens with one attached hydrogen (secondary N) is 1. The van der Waals surface area contributed by atoms with Crippen LogP contribution in [0.5, 0.6) is 0 Å². The summed E-state index contributed by atoms with van der Waals surface area (Å²) < 4.78 is 0. The summed E-state index contributed by atoms with van der Waals surface area (Å²) in [4.78, 5) is 20.6. The second-order valence-corrected chi connectivity index (χ2v) is 5.21. The van der Waals surface area contributed by atoms with E-state index in [1.165, 1.54) is 0 Å². The fraction of sp³-hybridized carbons (Fsp3) is 0.105. The van der Waals surface area contributed by atoms with Crippen LogP contribution in [0.25, 0.3) is 11.4 Å². The summed E-state index contributed by atoms with van der Waals surface area (Å²) in [5.41, 5.74) is 3.64. The Labute approximate surface area is 135 Å². The van der Waals surface area contributed by atoms with Gasteiger partial charge in [-0.05, 0) is 29.3 Å². The second-order valence-electron chi connectivity index (χ2n) is 5.21. The lowest BCUT2D eigenvalue weighted by Crippen LogP contribution is -2.24. The van der Waals surface area contributed by atoms with E-state index in [0.717, 1.165) is 22.5 Å². The molecule has 1 N–H and O–H groups in total. The molecule has 0 spiro atoms. The number of hydrogen-bond acceptors (Lipinski definition) is 3. The van der Waals surface area contributed by atoms with Crippen molar-refractivity contribution in [2.75, 3.05) is 0 Å². The highest BCUT2D eigenvalue weighted by Gasteiger charge is 2.04. The first-order valence-electron chi connectivity index (χ1n) is 7.48. The van der Waals surface area contributed by atoms with Gasteiger partial charge in [-0.15, -0.1) is 0 Å². The van der Waals surface area contributed by atoms with E-state index in [9.17, 15) is 4.79 Å². The number of carbonyl (C=O) groups excluding carboxylic acids is 1. The summed E-state index contributed by atoms with van der Waals surface area (Å²) in [5, 5.41) is 2.91. The van der Waals surface area contributed by atoms with Crippen molar-refractivity contribution in [2.45, 2.75) is 13.0 Å². The van der Waals surface area contributed by atoms with Crippen LogP contribution < -0.4 is 5.32 Å². The van der Waals surface area contributed by atoms with Crippen LogP contribution in [0.1, 0.15) is 11.1 Å². The van der Waals surface area contributed by atoms with Crippen molar-refractivity contribution in [1.29, 1.82) is 0 Å². The van der Waals surface area contributed by atoms with Gasteiger partial charge in [-0.3, -0.25) is 14.8 Å². The van der Waals surface area contributed by atoms with Gasteiger partial charge in [0.05, 0.1) is 17.8 Å². The SMILES string of the molecule is O=C(Cc1ccccc1)NCc1ccc(-c2ccccn2)nc1. The minimum atomic E-state index is 0.00463. The predicted molar refractivity (Wildman–Crippen MR) is 89.5 cm³/mol. The Hall–Kier alpha value is -3.01. The third-order valence-electron chi connectivity index (χ3n) is 3.45. The Morgan fingerprint density at radius 2 is 1.61 bits per heavy atom. The highest BCUT2D eigenvalue weighted by Crippen LogP contribution is 2.13. The number of aromatic nitrogens is 2. The standard InChI is InChI=1S/C19H17N3O/c23-19(12-15-6-2-1-3-7-15)22-14-16-9-10-18(21-13-16)17-8-4-5-11-20-17/h1-11,13H,12,14H2,(H,22,23). The normalized spacial score (nSPS) is 10.3. The van der Waals surface area contributed by atoms with Crippen molar-refractivity contribution in [1.82, 2.24) is 15.3 Å². The largest absolute Gasteiger partial charge is 0.352 e. The molecule has 4 heteroatoms. The monoisotopic (exact) mass is 303 g/mol. The van der Waals surface area contributed by atoms with Crippen molar-refractivity contribution < 1.29 is 4.79 Å². The maximum atomic E-state index is 11.9. The van der Waals surface area contributed by atoms with Gasteiger partial charge in [0.15, 0.2) is 0 Å². The zero-order valence-electron chi connectivity index (χ0n) is 12.6. The number of pyridine rings is 2. The van der Waals surface area contributed by atoms with Crippen LogP contribution in [-0.4, -0.2) is 15.9 Å². The molecule has 0 saturated heterocycles. The first-order chi connectivity index (χ1) is 11.3. The molecule has 2 heterocycles. The Balaban J connectivity index is 1.55. The van der Waals surface area contributed by atoms with Crippen LogP contribution in [-0.2, 0) is 17.8 Å². The lowest BCUT2D eigenvalue weighted by molar-refractivity contribution is -0.120. The number of rotatable bonds is 5. The summed E-state index contributed by atoms with van der Waals surface area (Å²) in [7, 11) is 0. The maximum absolute atomic E-state index is 11.9. The molecular weight excluding hydrogens is 286 g/mol. The summed E-state index contributed by atoms with van der Waals surface area (Å²) in [6.45, 7) is 0.473. The lowest BCUT2D eigenvalue weighted by atomic mass is 10.1. The van der Waals surface area contributed by atoms with Gasteiger partial charge >= 0.3 is 0 Å². The van der Waals surface area contributed by atoms with E-state index in [-0.39, 0.29) is 5.91 Å². The Morgan fingerprint density at radius 1 is 0.826 bits per heavy atom. The molecule has 0 bridgehead atoms. The molecule has 0 saturated carbocycles. The molecule has 1 amide bonds. The summed E-state index contributed by atoms with van der Waals surface area (Å²) >= 11 is 0. The molecule has 0 aliphatic heterocycles. The minimum Gasteiger partial charge on any atom is -0.352 e. The average molecular weight is 303 g/mol. The third kappa shape index (κ3) is 4.23. The molecule has 4 nitrogen and oxygen atoms in total. The van der Waals surface area contributed by atoms with Crippen molar-refractivity contribution in [3.8, 4) is 11.4 Å². The highest BCUT2D eigenvalue weighted by molar-refractivity contribution is 5.78. The van der Waals surface area contributed by atoms with Gasteiger partial charge in [0.25, 0.3) is 0 Å². The second kappa shape index (κ2) is 7.31. The van der Waals surface area contributed by atoms with E-state index in [0.29, 0.717) is 13.0 Å². The Kier molecular flexibility index (Phi) is 4.74. The fourth-order valence-electron chi connectivity index (χ4n) is 2.24. The zero-order chi connectivity index (χ0) is 15.9. The number of nitrogens with zero attached hydrogens (tertiary/aromatic N) is 2. The fourth-order valence-corrected chi connectivity index (χ4v) is 2.24. The molecule has 3 aromatic rings. The first kappa shape index (κ1) is 14.9. The van der Waals surface area contributed by atoms with Crippen molar-refractivity contribution >= 4 is 5.91 Å². The number of carbonyl (C=O) groups is 1. The zero-order valence-corrected chi connectivity index (χ0v) is 12.6. The third-order valence-corrected chi connectivity index (χ3v) is 3.45. The van der Waals surface area contributed by atoms with E-state index in [1.54, 1.807) is 12.4 Å². The van der Waals surface area contributed by atoms with E-state index in [1.807, 2.05) is 60.7 Å². The Bertz CT molecular complexity index is 756. The maximum Gasteiger partial charge on any atom is 0.224 e. The van der Waals surface area contributed by atoms with Crippen molar-refractivity contribution in [3.05, 3.63) is 84.2 Å². The quantitative estimate of drug-likeness (QED) is 0.788. The van der Waals surface area contributed by atoms with Crippen molar-refractivity contribution in [2.24, 2.45) is 0 Å². The molecule has 1 aromatic carbocycles. The molecule has 2 aromatic heterocycles. The summed E-state index contributed by atoms with van der Waals surface area (Å²) in [6, 6.07) is 19.3. The van der Waals surface area contributed by atoms with Gasteiger partial charge in [0.1, 0.15) is 0 Å². The molecule has 114 valence electrons. The van der Waals surface area contributed by atoms with Crippen LogP contribution in [0, 0.1) is 0 Å². The molecule has 23 heavy (non-hydrogen) atoms. The summed E-state index contributed by atoms with van der Waals surface area (Å²) in [6.07, 6.45) is 3.90. The lowest BCUT2D eigenvalue weighted by Gasteiger charge is -2.06. The van der Waals surface area contributed by atoms with Crippen LogP contribution in [0.3, 0.4) is 0 Å². The number of amides is 1. The number of benzene rings is 1. The molecule has 0 radical (unpaired) electrons. The molecule has 0 fully saturated rings. The van der Waals surface area contributed by atoms with Crippen LogP contribution >= 0.6 is 0 Å². The smallest absolute Gasteiger partial charge is 0.224 e. The van der Waals surface area contributed by atoms with Gasteiger partial charge in [0.2, 0.25) is 5.91 Å². The van der Waals surface area contributed by atoms with Gasteiger partial charge in [-0.25, -0.2) is 0 Å². The topological polar surface area (TPSA) is 54.9 Å². The van der Waals surface area contributed by atoms with Crippen LogP contribution in [0.4, 0.5) is 0 Å². The highest BCUT2D eigenvalue weighted by atomic mass is 16.1. The van der Waals surface area contributed by atoms with Crippen LogP contribution in [0.2, 0.25) is 0 Å². The average Bonchev–Trinajstić information content (AvgIpc) is 2.62. The van der Waals surface area contributed by atoms with Gasteiger partial charge in [-0.1, -0.05) is 42.5 Å². The Morgan fingerprint density at radius 3 is 2.30 bits per heavy atom. The van der Waals surface area contributed by atoms with Gasteiger partial charge in [0, 0.05) is 18.9 Å². The van der Waals surface area contributed by atoms with Gasteiger partial charge in [-0.2, -0.15) is 0 Å². The molecule has 0 unspecified atom stereocenters. The van der Waals surface area contributed by atoms with Gasteiger partial charge < -0.3 is 5.32 Å².